The average molecular weight is 319 g/mol. The van der Waals surface area contributed by atoms with Gasteiger partial charge in [-0.2, -0.15) is 0 Å². The SMILES string of the molecule is C=CCOCC(NC(=O)CCC(C)(C)c1ccccc1)C(=O)O. The molecule has 0 bridgehead atoms. The monoisotopic (exact) mass is 319 g/mol. The predicted molar refractivity (Wildman–Crippen MR) is 89.3 cm³/mol. The minimum absolute atomic E-state index is 0.0742. The van der Waals surface area contributed by atoms with Gasteiger partial charge in [0.1, 0.15) is 0 Å². The lowest BCUT2D eigenvalue weighted by molar-refractivity contribution is -0.143. The zero-order valence-electron chi connectivity index (χ0n) is 13.7. The van der Waals surface area contributed by atoms with Gasteiger partial charge in [-0.3, -0.25) is 4.79 Å². The molecule has 0 fully saturated rings. The number of hydrogen-bond acceptors (Lipinski definition) is 3. The first-order chi connectivity index (χ1) is 10.9. The third kappa shape index (κ3) is 6.65. The first kappa shape index (κ1) is 18.9. The number of aliphatic carboxylic acids is 1. The van der Waals surface area contributed by atoms with E-state index in [1.54, 1.807) is 0 Å². The third-order valence-electron chi connectivity index (χ3n) is 3.69. The number of benzene rings is 1. The van der Waals surface area contributed by atoms with Crippen LogP contribution in [0.3, 0.4) is 0 Å². The number of carbonyl (C=O) groups is 2. The number of carboxylic acid groups (broad SMARTS) is 1. The lowest BCUT2D eigenvalue weighted by Gasteiger charge is -2.25. The van der Waals surface area contributed by atoms with E-state index in [4.69, 9.17) is 9.84 Å². The minimum atomic E-state index is -1.11. The molecular weight excluding hydrogens is 294 g/mol. The van der Waals surface area contributed by atoms with Gasteiger partial charge >= 0.3 is 5.97 Å². The topological polar surface area (TPSA) is 75.6 Å². The molecule has 5 heteroatoms. The second kappa shape index (κ2) is 9.10. The van der Waals surface area contributed by atoms with Gasteiger partial charge in [-0.15, -0.1) is 6.58 Å². The fourth-order valence-electron chi connectivity index (χ4n) is 2.17. The summed E-state index contributed by atoms with van der Waals surface area (Å²) < 4.78 is 5.11. The molecule has 0 aliphatic carbocycles. The van der Waals surface area contributed by atoms with Crippen molar-refractivity contribution in [3.8, 4) is 0 Å². The normalized spacial score (nSPS) is 12.4. The summed E-state index contributed by atoms with van der Waals surface area (Å²) in [7, 11) is 0. The van der Waals surface area contributed by atoms with Gasteiger partial charge in [-0.05, 0) is 17.4 Å². The number of carbonyl (C=O) groups excluding carboxylic acids is 1. The molecule has 0 radical (unpaired) electrons. The number of carboxylic acids is 1. The van der Waals surface area contributed by atoms with Gasteiger partial charge in [0.2, 0.25) is 5.91 Å². The summed E-state index contributed by atoms with van der Waals surface area (Å²) >= 11 is 0. The summed E-state index contributed by atoms with van der Waals surface area (Å²) in [6.45, 7) is 7.80. The zero-order chi connectivity index (χ0) is 17.3. The molecular formula is C18H25NO4. The molecule has 23 heavy (non-hydrogen) atoms. The Balaban J connectivity index is 2.51. The Kier molecular flexibility index (Phi) is 7.48. The Labute approximate surface area is 137 Å². The minimum Gasteiger partial charge on any atom is -0.480 e. The highest BCUT2D eigenvalue weighted by Crippen LogP contribution is 2.27. The van der Waals surface area contributed by atoms with Gasteiger partial charge in [0.15, 0.2) is 6.04 Å². The van der Waals surface area contributed by atoms with Gasteiger partial charge in [0.25, 0.3) is 0 Å². The Morgan fingerprint density at radius 1 is 1.35 bits per heavy atom. The van der Waals surface area contributed by atoms with Crippen LogP contribution in [0.5, 0.6) is 0 Å². The number of rotatable bonds is 10. The molecule has 1 aromatic carbocycles. The molecule has 0 spiro atoms. The van der Waals surface area contributed by atoms with Crippen molar-refractivity contribution in [2.45, 2.75) is 38.1 Å². The lowest BCUT2D eigenvalue weighted by Crippen LogP contribution is -2.44. The van der Waals surface area contributed by atoms with E-state index in [1.807, 2.05) is 30.3 Å². The van der Waals surface area contributed by atoms with Crippen LogP contribution >= 0.6 is 0 Å². The van der Waals surface area contributed by atoms with Crippen LogP contribution in [0.1, 0.15) is 32.3 Å². The highest BCUT2D eigenvalue weighted by atomic mass is 16.5. The van der Waals surface area contributed by atoms with Crippen molar-refractivity contribution in [1.29, 1.82) is 0 Å². The van der Waals surface area contributed by atoms with Gasteiger partial charge in [-0.25, -0.2) is 4.79 Å². The molecule has 0 saturated carbocycles. The maximum absolute atomic E-state index is 12.0. The molecule has 1 unspecified atom stereocenters. The highest BCUT2D eigenvalue weighted by molar-refractivity contribution is 5.83. The van der Waals surface area contributed by atoms with Crippen LogP contribution in [0, 0.1) is 0 Å². The van der Waals surface area contributed by atoms with E-state index in [1.165, 1.54) is 6.08 Å². The van der Waals surface area contributed by atoms with Crippen molar-refractivity contribution < 1.29 is 19.4 Å². The summed E-state index contributed by atoms with van der Waals surface area (Å²) in [6, 6.07) is 8.90. The summed E-state index contributed by atoms with van der Waals surface area (Å²) in [5.41, 5.74) is 0.994. The second-order valence-corrected chi connectivity index (χ2v) is 6.03. The zero-order valence-corrected chi connectivity index (χ0v) is 13.7. The van der Waals surface area contributed by atoms with Crippen LogP contribution in [0.15, 0.2) is 43.0 Å². The lowest BCUT2D eigenvalue weighted by atomic mass is 9.80. The molecule has 0 aliphatic heterocycles. The average Bonchev–Trinajstić information content (AvgIpc) is 2.53. The fourth-order valence-corrected chi connectivity index (χ4v) is 2.17. The fraction of sp³-hybridized carbons (Fsp3) is 0.444. The van der Waals surface area contributed by atoms with E-state index < -0.39 is 12.0 Å². The van der Waals surface area contributed by atoms with Crippen LogP contribution in [0.2, 0.25) is 0 Å². The van der Waals surface area contributed by atoms with E-state index in [0.717, 1.165) is 5.56 Å². The van der Waals surface area contributed by atoms with Gasteiger partial charge < -0.3 is 15.2 Å². The summed E-state index contributed by atoms with van der Waals surface area (Å²) in [6.07, 6.45) is 2.42. The molecule has 1 rings (SSSR count). The molecule has 0 aliphatic rings. The molecule has 5 nitrogen and oxygen atoms in total. The molecule has 0 aromatic heterocycles. The van der Waals surface area contributed by atoms with Crippen molar-refractivity contribution in [3.63, 3.8) is 0 Å². The van der Waals surface area contributed by atoms with Crippen molar-refractivity contribution in [2.75, 3.05) is 13.2 Å². The highest BCUT2D eigenvalue weighted by Gasteiger charge is 2.24. The molecule has 1 aromatic rings. The van der Waals surface area contributed by atoms with E-state index in [9.17, 15) is 9.59 Å². The molecule has 1 atom stereocenters. The first-order valence-corrected chi connectivity index (χ1v) is 7.63. The third-order valence-corrected chi connectivity index (χ3v) is 3.69. The Bertz CT molecular complexity index is 525. The molecule has 2 N–H and O–H groups in total. The smallest absolute Gasteiger partial charge is 0.328 e. The number of hydrogen-bond donors (Lipinski definition) is 2. The molecule has 126 valence electrons. The molecule has 1 amide bonds. The van der Waals surface area contributed by atoms with E-state index in [0.29, 0.717) is 6.42 Å². The van der Waals surface area contributed by atoms with Gasteiger partial charge in [0.05, 0.1) is 13.2 Å². The summed E-state index contributed by atoms with van der Waals surface area (Å²) in [5, 5.41) is 11.6. The van der Waals surface area contributed by atoms with E-state index >= 15 is 0 Å². The van der Waals surface area contributed by atoms with Gasteiger partial charge in [0, 0.05) is 6.42 Å². The maximum atomic E-state index is 12.0. The molecule has 0 heterocycles. The Morgan fingerprint density at radius 3 is 2.57 bits per heavy atom. The second-order valence-electron chi connectivity index (χ2n) is 6.03. The number of amides is 1. The quantitative estimate of drug-likeness (QED) is 0.513. The van der Waals surface area contributed by atoms with Crippen molar-refractivity contribution in [2.24, 2.45) is 0 Å². The molecule has 0 saturated heterocycles. The summed E-state index contributed by atoms with van der Waals surface area (Å²) in [4.78, 5) is 23.1. The number of ether oxygens (including phenoxy) is 1. The summed E-state index contributed by atoms with van der Waals surface area (Å²) in [5.74, 6) is -1.40. The standard InChI is InChI=1S/C18H25NO4/c1-4-12-23-13-15(17(21)22)19-16(20)10-11-18(2,3)14-8-6-5-7-9-14/h4-9,15H,1,10-13H2,2-3H3,(H,19,20)(H,21,22). The maximum Gasteiger partial charge on any atom is 0.328 e. The Morgan fingerprint density at radius 2 is 2.00 bits per heavy atom. The van der Waals surface area contributed by atoms with Crippen molar-refractivity contribution in [3.05, 3.63) is 48.6 Å². The number of nitrogens with one attached hydrogen (secondary N) is 1. The van der Waals surface area contributed by atoms with Gasteiger partial charge in [-0.1, -0.05) is 50.3 Å². The van der Waals surface area contributed by atoms with Crippen LogP contribution in [0.4, 0.5) is 0 Å². The van der Waals surface area contributed by atoms with E-state index in [2.05, 4.69) is 25.7 Å². The van der Waals surface area contributed by atoms with Crippen LogP contribution in [0.25, 0.3) is 0 Å². The van der Waals surface area contributed by atoms with Crippen molar-refractivity contribution >= 4 is 11.9 Å². The van der Waals surface area contributed by atoms with Crippen molar-refractivity contribution in [1.82, 2.24) is 5.32 Å². The largest absolute Gasteiger partial charge is 0.480 e. The predicted octanol–water partition coefficient (Wildman–Crippen LogP) is 2.52. The Hall–Kier alpha value is -2.14. The van der Waals surface area contributed by atoms with Crippen LogP contribution in [-0.4, -0.2) is 36.2 Å². The van der Waals surface area contributed by atoms with Crippen LogP contribution < -0.4 is 5.32 Å². The van der Waals surface area contributed by atoms with Crippen LogP contribution in [-0.2, 0) is 19.7 Å². The van der Waals surface area contributed by atoms with E-state index in [-0.39, 0.29) is 31.0 Å². The first-order valence-electron chi connectivity index (χ1n) is 7.63.